The van der Waals surface area contributed by atoms with E-state index >= 15 is 0 Å². The molecule has 11 heavy (non-hydrogen) atoms. The Bertz CT molecular complexity index is 163. The first kappa shape index (κ1) is 8.27. The first-order valence-corrected chi connectivity index (χ1v) is 3.69. The lowest BCUT2D eigenvalue weighted by molar-refractivity contribution is -0.145. The van der Waals surface area contributed by atoms with E-state index in [1.807, 2.05) is 12.2 Å². The monoisotopic (exact) mass is 156 g/mol. The smallest absolute Gasteiger partial charge is 0.302 e. The average molecular weight is 156 g/mol. The number of carbonyl (C=O) groups is 1. The Hall–Kier alpha value is -0.830. The highest BCUT2D eigenvalue weighted by Crippen LogP contribution is 2.05. The quantitative estimate of drug-likeness (QED) is 0.440. The Morgan fingerprint density at radius 2 is 2.55 bits per heavy atom. The number of esters is 1. The van der Waals surface area contributed by atoms with E-state index < -0.39 is 0 Å². The molecule has 1 aliphatic rings. The Morgan fingerprint density at radius 3 is 3.09 bits per heavy atom. The summed E-state index contributed by atoms with van der Waals surface area (Å²) in [5.74, 6) is -0.247. The van der Waals surface area contributed by atoms with Gasteiger partial charge in [0.1, 0.15) is 6.61 Å². The minimum absolute atomic E-state index is 0.0592. The van der Waals surface area contributed by atoms with Gasteiger partial charge in [-0.05, 0) is 6.42 Å². The van der Waals surface area contributed by atoms with Crippen molar-refractivity contribution in [1.82, 2.24) is 0 Å². The number of carbonyl (C=O) groups excluding carboxylic acids is 1. The maximum Gasteiger partial charge on any atom is 0.302 e. The van der Waals surface area contributed by atoms with Gasteiger partial charge in [-0.15, -0.1) is 0 Å². The van der Waals surface area contributed by atoms with Crippen LogP contribution in [0.4, 0.5) is 0 Å². The van der Waals surface area contributed by atoms with E-state index in [4.69, 9.17) is 9.47 Å². The first-order valence-electron chi connectivity index (χ1n) is 3.69. The fourth-order valence-electron chi connectivity index (χ4n) is 0.902. The topological polar surface area (TPSA) is 35.5 Å². The molecule has 0 bridgehead atoms. The maximum absolute atomic E-state index is 10.4. The number of hydrogen-bond acceptors (Lipinski definition) is 3. The van der Waals surface area contributed by atoms with Gasteiger partial charge in [0, 0.05) is 6.92 Å². The summed E-state index contributed by atoms with van der Waals surface area (Å²) in [5.41, 5.74) is 0. The summed E-state index contributed by atoms with van der Waals surface area (Å²) in [5, 5.41) is 0. The predicted molar refractivity (Wildman–Crippen MR) is 40.1 cm³/mol. The molecule has 62 valence electrons. The Morgan fingerprint density at radius 1 is 1.73 bits per heavy atom. The highest BCUT2D eigenvalue weighted by molar-refractivity contribution is 5.65. The molecule has 3 heteroatoms. The van der Waals surface area contributed by atoms with Crippen molar-refractivity contribution in [3.63, 3.8) is 0 Å². The van der Waals surface area contributed by atoms with Crippen molar-refractivity contribution in [3.05, 3.63) is 12.2 Å². The third-order valence-corrected chi connectivity index (χ3v) is 1.47. The van der Waals surface area contributed by atoms with Crippen LogP contribution in [0.1, 0.15) is 13.3 Å². The molecule has 0 unspecified atom stereocenters. The Kier molecular flexibility index (Phi) is 3.11. The van der Waals surface area contributed by atoms with Gasteiger partial charge in [0.25, 0.3) is 0 Å². The highest BCUT2D eigenvalue weighted by Gasteiger charge is 2.10. The van der Waals surface area contributed by atoms with Crippen LogP contribution in [0.2, 0.25) is 0 Å². The molecule has 1 aliphatic heterocycles. The van der Waals surface area contributed by atoms with Crippen molar-refractivity contribution in [2.75, 3.05) is 13.2 Å². The molecular formula is C8H12O3. The van der Waals surface area contributed by atoms with Crippen LogP contribution in [0.5, 0.6) is 0 Å². The summed E-state index contributed by atoms with van der Waals surface area (Å²) < 4.78 is 10.0. The van der Waals surface area contributed by atoms with Gasteiger partial charge in [-0.25, -0.2) is 0 Å². The second-order valence-electron chi connectivity index (χ2n) is 2.47. The van der Waals surface area contributed by atoms with Gasteiger partial charge in [0.15, 0.2) is 0 Å². The van der Waals surface area contributed by atoms with Gasteiger partial charge < -0.3 is 9.47 Å². The third-order valence-electron chi connectivity index (χ3n) is 1.47. The van der Waals surface area contributed by atoms with Gasteiger partial charge in [-0.1, -0.05) is 12.2 Å². The van der Waals surface area contributed by atoms with Crippen LogP contribution >= 0.6 is 0 Å². The van der Waals surface area contributed by atoms with Crippen molar-refractivity contribution in [1.29, 1.82) is 0 Å². The van der Waals surface area contributed by atoms with Crippen molar-refractivity contribution < 1.29 is 14.3 Å². The first-order chi connectivity index (χ1) is 5.29. The van der Waals surface area contributed by atoms with Crippen LogP contribution in [0.3, 0.4) is 0 Å². The summed E-state index contributed by atoms with van der Waals surface area (Å²) in [4.78, 5) is 10.4. The largest absolute Gasteiger partial charge is 0.463 e. The van der Waals surface area contributed by atoms with Crippen molar-refractivity contribution in [2.24, 2.45) is 0 Å². The predicted octanol–water partition coefficient (Wildman–Crippen LogP) is 0.895. The minimum Gasteiger partial charge on any atom is -0.463 e. The molecule has 1 heterocycles. The summed E-state index contributed by atoms with van der Waals surface area (Å²) >= 11 is 0. The van der Waals surface area contributed by atoms with Crippen LogP contribution < -0.4 is 0 Å². The maximum atomic E-state index is 10.4. The van der Waals surface area contributed by atoms with Crippen LogP contribution in [0.15, 0.2) is 12.2 Å². The molecule has 0 aromatic carbocycles. The van der Waals surface area contributed by atoms with E-state index in [1.165, 1.54) is 6.92 Å². The molecule has 0 fully saturated rings. The molecule has 0 amide bonds. The molecule has 0 aromatic rings. The lowest BCUT2D eigenvalue weighted by atomic mass is 10.2. The standard InChI is InChI=1S/C8H12O3/c1-7(9)11-6-8-4-2-3-5-10-8/h2-3,8H,4-6H2,1H3/t8-/m1/s1. The summed E-state index contributed by atoms with van der Waals surface area (Å²) in [6.07, 6.45) is 4.90. The van der Waals surface area contributed by atoms with Gasteiger partial charge in [0.05, 0.1) is 12.7 Å². The zero-order chi connectivity index (χ0) is 8.10. The zero-order valence-electron chi connectivity index (χ0n) is 6.58. The summed E-state index contributed by atoms with van der Waals surface area (Å²) in [6, 6.07) is 0. The third kappa shape index (κ3) is 3.18. The van der Waals surface area contributed by atoms with E-state index in [-0.39, 0.29) is 12.1 Å². The molecule has 0 aromatic heterocycles. The van der Waals surface area contributed by atoms with Crippen molar-refractivity contribution >= 4 is 5.97 Å². The van der Waals surface area contributed by atoms with E-state index in [0.717, 1.165) is 6.42 Å². The van der Waals surface area contributed by atoms with Gasteiger partial charge in [0.2, 0.25) is 0 Å². The highest BCUT2D eigenvalue weighted by atomic mass is 16.6. The van der Waals surface area contributed by atoms with Crippen molar-refractivity contribution in [3.8, 4) is 0 Å². The van der Waals surface area contributed by atoms with E-state index in [2.05, 4.69) is 0 Å². The fourth-order valence-corrected chi connectivity index (χ4v) is 0.902. The molecule has 1 atom stereocenters. The molecule has 0 saturated heterocycles. The Balaban J connectivity index is 2.16. The van der Waals surface area contributed by atoms with E-state index in [9.17, 15) is 4.79 Å². The van der Waals surface area contributed by atoms with Gasteiger partial charge in [-0.3, -0.25) is 4.79 Å². The van der Waals surface area contributed by atoms with Crippen LogP contribution in [0.25, 0.3) is 0 Å². The number of rotatable bonds is 2. The summed E-state index contributed by atoms with van der Waals surface area (Å²) in [7, 11) is 0. The SMILES string of the molecule is CC(=O)OC[C@H]1CC=CCO1. The second kappa shape index (κ2) is 4.13. The van der Waals surface area contributed by atoms with Gasteiger partial charge in [-0.2, -0.15) is 0 Å². The van der Waals surface area contributed by atoms with Crippen LogP contribution in [-0.4, -0.2) is 25.3 Å². The number of ether oxygens (including phenoxy) is 2. The molecule has 3 nitrogen and oxygen atoms in total. The molecule has 0 radical (unpaired) electrons. The molecule has 0 saturated carbocycles. The van der Waals surface area contributed by atoms with E-state index in [0.29, 0.717) is 13.2 Å². The lowest BCUT2D eigenvalue weighted by Crippen LogP contribution is -2.22. The average Bonchev–Trinajstić information content (AvgIpc) is 2.03. The molecule has 1 rings (SSSR count). The molecule has 0 aliphatic carbocycles. The van der Waals surface area contributed by atoms with Crippen LogP contribution in [0, 0.1) is 0 Å². The Labute approximate surface area is 66.0 Å². The molecule has 0 spiro atoms. The van der Waals surface area contributed by atoms with Crippen molar-refractivity contribution in [2.45, 2.75) is 19.4 Å². The van der Waals surface area contributed by atoms with E-state index in [1.54, 1.807) is 0 Å². The fraction of sp³-hybridized carbons (Fsp3) is 0.625. The molecule has 0 N–H and O–H groups in total. The second-order valence-corrected chi connectivity index (χ2v) is 2.47. The lowest BCUT2D eigenvalue weighted by Gasteiger charge is -2.17. The minimum atomic E-state index is -0.247. The molecular weight excluding hydrogens is 144 g/mol. The van der Waals surface area contributed by atoms with Gasteiger partial charge >= 0.3 is 5.97 Å². The normalized spacial score (nSPS) is 23.2. The zero-order valence-corrected chi connectivity index (χ0v) is 6.58. The number of hydrogen-bond donors (Lipinski definition) is 0. The summed E-state index contributed by atoms with van der Waals surface area (Å²) in [6.45, 7) is 2.41. The van der Waals surface area contributed by atoms with Crippen LogP contribution in [-0.2, 0) is 14.3 Å².